The third-order valence-corrected chi connectivity index (χ3v) is 2.45. The van der Waals surface area contributed by atoms with Crippen molar-refractivity contribution in [2.24, 2.45) is 0 Å². The van der Waals surface area contributed by atoms with Crippen LogP contribution in [-0.4, -0.2) is 11.7 Å². The quantitative estimate of drug-likeness (QED) is 0.837. The highest BCUT2D eigenvalue weighted by Crippen LogP contribution is 2.20. The van der Waals surface area contributed by atoms with Gasteiger partial charge in [0.1, 0.15) is 11.4 Å². The molecular formula is C12H15BrFNO2. The Kier molecular flexibility index (Phi) is 4.51. The van der Waals surface area contributed by atoms with Crippen LogP contribution in [0.2, 0.25) is 0 Å². The first-order chi connectivity index (χ1) is 7.81. The van der Waals surface area contributed by atoms with Gasteiger partial charge in [0, 0.05) is 11.0 Å². The highest BCUT2D eigenvalue weighted by molar-refractivity contribution is 9.08. The topological polar surface area (TPSA) is 38.3 Å². The van der Waals surface area contributed by atoms with E-state index in [0.29, 0.717) is 16.6 Å². The fraction of sp³-hybridized carbons (Fsp3) is 0.417. The van der Waals surface area contributed by atoms with E-state index in [0.717, 1.165) is 0 Å². The maximum Gasteiger partial charge on any atom is 0.412 e. The van der Waals surface area contributed by atoms with Crippen LogP contribution in [0, 0.1) is 5.82 Å². The maximum atomic E-state index is 13.0. The van der Waals surface area contributed by atoms with Gasteiger partial charge in [-0.15, -0.1) is 0 Å². The fourth-order valence-electron chi connectivity index (χ4n) is 1.21. The van der Waals surface area contributed by atoms with E-state index in [2.05, 4.69) is 21.2 Å². The maximum absolute atomic E-state index is 13.0. The molecule has 0 aliphatic heterocycles. The lowest BCUT2D eigenvalue weighted by Crippen LogP contribution is -2.27. The minimum Gasteiger partial charge on any atom is -0.444 e. The summed E-state index contributed by atoms with van der Waals surface area (Å²) in [7, 11) is 0. The number of alkyl halides is 1. The molecule has 1 aromatic rings. The number of hydrogen-bond donors (Lipinski definition) is 1. The standard InChI is InChI=1S/C12H15BrFNO2/c1-12(2,3)17-11(16)15-10-5-4-9(14)6-8(10)7-13/h4-6H,7H2,1-3H3,(H,15,16). The van der Waals surface area contributed by atoms with Crippen molar-refractivity contribution in [3.63, 3.8) is 0 Å². The molecule has 3 nitrogen and oxygen atoms in total. The second kappa shape index (κ2) is 5.49. The molecule has 0 aromatic heterocycles. The number of benzene rings is 1. The van der Waals surface area contributed by atoms with Crippen LogP contribution in [0.1, 0.15) is 26.3 Å². The summed E-state index contributed by atoms with van der Waals surface area (Å²) in [6.45, 7) is 5.34. The molecule has 0 unspecified atom stereocenters. The zero-order chi connectivity index (χ0) is 13.1. The highest BCUT2D eigenvalue weighted by Gasteiger charge is 2.17. The van der Waals surface area contributed by atoms with Crippen molar-refractivity contribution in [2.45, 2.75) is 31.7 Å². The van der Waals surface area contributed by atoms with Crippen LogP contribution in [0.5, 0.6) is 0 Å². The SMILES string of the molecule is CC(C)(C)OC(=O)Nc1ccc(F)cc1CBr. The van der Waals surface area contributed by atoms with Crippen molar-refractivity contribution >= 4 is 27.7 Å². The van der Waals surface area contributed by atoms with Crippen LogP contribution in [0.4, 0.5) is 14.9 Å². The summed E-state index contributed by atoms with van der Waals surface area (Å²) in [5.74, 6) is -0.339. The molecule has 0 saturated heterocycles. The van der Waals surface area contributed by atoms with Gasteiger partial charge in [0.05, 0.1) is 0 Å². The molecule has 1 amide bonds. The van der Waals surface area contributed by atoms with Gasteiger partial charge in [0.15, 0.2) is 0 Å². The molecule has 94 valence electrons. The Morgan fingerprint density at radius 3 is 2.65 bits per heavy atom. The average molecular weight is 304 g/mol. The van der Waals surface area contributed by atoms with Crippen molar-refractivity contribution < 1.29 is 13.9 Å². The fourth-order valence-corrected chi connectivity index (χ4v) is 1.67. The lowest BCUT2D eigenvalue weighted by Gasteiger charge is -2.20. The van der Waals surface area contributed by atoms with E-state index in [1.54, 1.807) is 20.8 Å². The molecule has 17 heavy (non-hydrogen) atoms. The number of ether oxygens (including phenoxy) is 1. The molecule has 0 aliphatic rings. The third-order valence-electron chi connectivity index (χ3n) is 1.85. The van der Waals surface area contributed by atoms with Crippen molar-refractivity contribution in [3.05, 3.63) is 29.6 Å². The van der Waals surface area contributed by atoms with Crippen LogP contribution in [0.25, 0.3) is 0 Å². The largest absolute Gasteiger partial charge is 0.444 e. The predicted molar refractivity (Wildman–Crippen MR) is 68.9 cm³/mol. The predicted octanol–water partition coefficient (Wildman–Crippen LogP) is 4.07. The average Bonchev–Trinajstić information content (AvgIpc) is 2.17. The summed E-state index contributed by atoms with van der Waals surface area (Å²) in [6, 6.07) is 4.16. The monoisotopic (exact) mass is 303 g/mol. The van der Waals surface area contributed by atoms with E-state index in [1.807, 2.05) is 0 Å². The van der Waals surface area contributed by atoms with Gasteiger partial charge in [-0.25, -0.2) is 9.18 Å². The molecule has 0 heterocycles. The number of halogens is 2. The summed E-state index contributed by atoms with van der Waals surface area (Å²) < 4.78 is 18.1. The summed E-state index contributed by atoms with van der Waals surface area (Å²) in [5.41, 5.74) is 0.645. The molecule has 5 heteroatoms. The Hall–Kier alpha value is -1.10. The molecule has 0 bridgehead atoms. The number of rotatable bonds is 2. The van der Waals surface area contributed by atoms with Crippen LogP contribution < -0.4 is 5.32 Å². The first-order valence-corrected chi connectivity index (χ1v) is 6.28. The minimum atomic E-state index is -0.557. The van der Waals surface area contributed by atoms with Crippen molar-refractivity contribution in [1.82, 2.24) is 0 Å². The van der Waals surface area contributed by atoms with Crippen molar-refractivity contribution in [2.75, 3.05) is 5.32 Å². The Morgan fingerprint density at radius 2 is 2.12 bits per heavy atom. The van der Waals surface area contributed by atoms with Gasteiger partial charge in [-0.05, 0) is 44.5 Å². The van der Waals surface area contributed by atoms with Crippen LogP contribution in [0.15, 0.2) is 18.2 Å². The number of carbonyl (C=O) groups is 1. The summed E-state index contributed by atoms with van der Waals surface area (Å²) in [6.07, 6.45) is -0.550. The van der Waals surface area contributed by atoms with Gasteiger partial charge < -0.3 is 4.74 Å². The second-order valence-electron chi connectivity index (χ2n) is 4.56. The minimum absolute atomic E-state index is 0.339. The van der Waals surface area contributed by atoms with Gasteiger partial charge in [0.25, 0.3) is 0 Å². The van der Waals surface area contributed by atoms with Crippen LogP contribution >= 0.6 is 15.9 Å². The van der Waals surface area contributed by atoms with E-state index in [-0.39, 0.29) is 5.82 Å². The van der Waals surface area contributed by atoms with E-state index >= 15 is 0 Å². The van der Waals surface area contributed by atoms with Crippen molar-refractivity contribution in [1.29, 1.82) is 0 Å². The molecular weight excluding hydrogens is 289 g/mol. The van der Waals surface area contributed by atoms with Gasteiger partial charge in [-0.3, -0.25) is 5.32 Å². The number of amides is 1. The molecule has 0 spiro atoms. The molecule has 0 atom stereocenters. The number of carbonyl (C=O) groups excluding carboxylic acids is 1. The van der Waals surface area contributed by atoms with Crippen LogP contribution in [-0.2, 0) is 10.1 Å². The number of hydrogen-bond acceptors (Lipinski definition) is 2. The normalized spacial score (nSPS) is 11.1. The van der Waals surface area contributed by atoms with Gasteiger partial charge in [-0.2, -0.15) is 0 Å². The zero-order valence-corrected chi connectivity index (χ0v) is 11.6. The first-order valence-electron chi connectivity index (χ1n) is 5.16. The van der Waals surface area contributed by atoms with Gasteiger partial charge >= 0.3 is 6.09 Å². The van der Waals surface area contributed by atoms with E-state index < -0.39 is 11.7 Å². The molecule has 0 aliphatic carbocycles. The number of anilines is 1. The molecule has 0 fully saturated rings. The Morgan fingerprint density at radius 1 is 1.47 bits per heavy atom. The lowest BCUT2D eigenvalue weighted by atomic mass is 10.2. The number of nitrogens with one attached hydrogen (secondary N) is 1. The molecule has 1 rings (SSSR count). The van der Waals surface area contributed by atoms with Crippen LogP contribution in [0.3, 0.4) is 0 Å². The van der Waals surface area contributed by atoms with Gasteiger partial charge in [0.2, 0.25) is 0 Å². The van der Waals surface area contributed by atoms with Gasteiger partial charge in [-0.1, -0.05) is 15.9 Å². The van der Waals surface area contributed by atoms with E-state index in [4.69, 9.17) is 4.74 Å². The smallest absolute Gasteiger partial charge is 0.412 e. The van der Waals surface area contributed by atoms with E-state index in [1.165, 1.54) is 18.2 Å². The van der Waals surface area contributed by atoms with Crippen molar-refractivity contribution in [3.8, 4) is 0 Å². The summed E-state index contributed by atoms with van der Waals surface area (Å²) >= 11 is 3.24. The second-order valence-corrected chi connectivity index (χ2v) is 5.12. The lowest BCUT2D eigenvalue weighted by molar-refractivity contribution is 0.0636. The molecule has 1 N–H and O–H groups in total. The molecule has 1 aromatic carbocycles. The highest BCUT2D eigenvalue weighted by atomic mass is 79.9. The third kappa shape index (κ3) is 4.73. The van der Waals surface area contributed by atoms with E-state index in [9.17, 15) is 9.18 Å². The summed E-state index contributed by atoms with van der Waals surface area (Å²) in [5, 5.41) is 3.04. The first kappa shape index (κ1) is 14.0. The Labute approximate surface area is 108 Å². The molecule has 0 radical (unpaired) electrons. The summed E-state index contributed by atoms with van der Waals surface area (Å²) in [4.78, 5) is 11.5. The zero-order valence-electron chi connectivity index (χ0n) is 10.0. The Balaban J connectivity index is 2.78. The Bertz CT molecular complexity index is 415. The molecule has 0 saturated carbocycles.